The minimum atomic E-state index is -0.107. The van der Waals surface area contributed by atoms with Gasteiger partial charge in [0, 0.05) is 17.3 Å². The van der Waals surface area contributed by atoms with Crippen LogP contribution < -0.4 is 5.32 Å². The van der Waals surface area contributed by atoms with Crippen LogP contribution in [0.2, 0.25) is 0 Å². The summed E-state index contributed by atoms with van der Waals surface area (Å²) in [5.41, 5.74) is 6.80. The van der Waals surface area contributed by atoms with Gasteiger partial charge in [-0.1, -0.05) is 90.5 Å². The summed E-state index contributed by atoms with van der Waals surface area (Å²) in [4.78, 5) is 5.20. The quantitative estimate of drug-likeness (QED) is 0.322. The molecule has 1 N–H and O–H groups in total. The number of nitrogens with one attached hydrogen (secondary N) is 1. The molecule has 0 bridgehead atoms. The maximum absolute atomic E-state index is 5.20. The number of imidazole rings is 2. The molecule has 0 saturated heterocycles. The van der Waals surface area contributed by atoms with Gasteiger partial charge >= 0.3 is 0 Å². The Labute approximate surface area is 195 Å². The van der Waals surface area contributed by atoms with E-state index in [1.54, 1.807) is 0 Å². The minimum Gasteiger partial charge on any atom is -0.365 e. The van der Waals surface area contributed by atoms with Crippen LogP contribution in [0, 0.1) is 6.92 Å². The Morgan fingerprint density at radius 3 is 2.06 bits per heavy atom. The topological polar surface area (TPSA) is 34.3 Å². The summed E-state index contributed by atoms with van der Waals surface area (Å²) in [6.07, 6.45) is 2.21. The average molecular weight is 435 g/mol. The lowest BCUT2D eigenvalue weighted by atomic mass is 10.1. The van der Waals surface area contributed by atoms with Crippen LogP contribution in [0.1, 0.15) is 31.9 Å². The molecule has 0 unspecified atom stereocenters. The first-order valence-electron chi connectivity index (χ1n) is 11.5. The van der Waals surface area contributed by atoms with Gasteiger partial charge in [0.1, 0.15) is 11.5 Å². The van der Waals surface area contributed by atoms with Crippen molar-refractivity contribution in [2.45, 2.75) is 39.8 Å². The maximum Gasteiger partial charge on any atom is 0.217 e. The molecule has 0 aliphatic heterocycles. The van der Waals surface area contributed by atoms with Crippen molar-refractivity contribution in [1.29, 1.82) is 0 Å². The molecule has 0 aliphatic carbocycles. The summed E-state index contributed by atoms with van der Waals surface area (Å²) in [5.74, 6) is 1.95. The lowest BCUT2D eigenvalue weighted by molar-refractivity contribution is 0.629. The fourth-order valence-corrected chi connectivity index (χ4v) is 4.18. The summed E-state index contributed by atoms with van der Waals surface area (Å²) >= 11 is 0. The summed E-state index contributed by atoms with van der Waals surface area (Å²) in [6.45, 7) is 9.42. The molecule has 4 heteroatoms. The van der Waals surface area contributed by atoms with Gasteiger partial charge in [0.05, 0.1) is 12.2 Å². The minimum absolute atomic E-state index is 0.107. The molecule has 166 valence electrons. The second-order valence-electron chi connectivity index (χ2n) is 9.67. The standard InChI is InChI=1S/C29H30N4/c1-21-15-17-24(18-16-21)26-27(31-29(2,3)4)33-20-25(23-13-9-6-10-14-23)32(28(33)30-26)19-22-11-7-5-8-12-22/h5-18,20,31H,19H2,1-4H3. The third-order valence-corrected chi connectivity index (χ3v) is 5.75. The number of benzene rings is 3. The molecule has 0 radical (unpaired) electrons. The normalized spacial score (nSPS) is 11.8. The van der Waals surface area contributed by atoms with Crippen LogP contribution in [0.15, 0.2) is 91.1 Å². The molecule has 0 fully saturated rings. The van der Waals surface area contributed by atoms with Gasteiger partial charge < -0.3 is 9.88 Å². The maximum atomic E-state index is 5.20. The molecule has 0 spiro atoms. The Kier molecular flexibility index (Phi) is 5.29. The Morgan fingerprint density at radius 1 is 0.788 bits per heavy atom. The number of nitrogens with zero attached hydrogens (tertiary/aromatic N) is 3. The van der Waals surface area contributed by atoms with E-state index in [1.165, 1.54) is 16.7 Å². The first-order chi connectivity index (χ1) is 15.9. The lowest BCUT2D eigenvalue weighted by Gasteiger charge is -2.22. The molecular formula is C29H30N4. The zero-order valence-electron chi connectivity index (χ0n) is 19.7. The predicted octanol–water partition coefficient (Wildman–Crippen LogP) is 7.04. The van der Waals surface area contributed by atoms with E-state index in [2.05, 4.69) is 133 Å². The highest BCUT2D eigenvalue weighted by atomic mass is 15.3. The van der Waals surface area contributed by atoms with E-state index in [4.69, 9.17) is 4.98 Å². The number of anilines is 1. The Morgan fingerprint density at radius 2 is 1.42 bits per heavy atom. The third kappa shape index (κ3) is 4.29. The highest BCUT2D eigenvalue weighted by molar-refractivity contribution is 5.78. The zero-order valence-corrected chi connectivity index (χ0v) is 19.7. The molecule has 3 aromatic carbocycles. The molecule has 0 saturated carbocycles. The van der Waals surface area contributed by atoms with E-state index in [0.717, 1.165) is 35.1 Å². The number of fused-ring (bicyclic) bond motifs is 1. The Hall–Kier alpha value is -3.79. The zero-order chi connectivity index (χ0) is 23.0. The molecular weight excluding hydrogens is 404 g/mol. The van der Waals surface area contributed by atoms with Crippen molar-refractivity contribution in [3.05, 3.63) is 102 Å². The van der Waals surface area contributed by atoms with Gasteiger partial charge in [-0.25, -0.2) is 4.98 Å². The molecule has 2 heterocycles. The fourth-order valence-electron chi connectivity index (χ4n) is 4.18. The van der Waals surface area contributed by atoms with Gasteiger partial charge in [-0.3, -0.25) is 4.40 Å². The van der Waals surface area contributed by atoms with E-state index < -0.39 is 0 Å². The molecule has 5 rings (SSSR count). The fraction of sp³-hybridized carbons (Fsp3) is 0.207. The highest BCUT2D eigenvalue weighted by Crippen LogP contribution is 2.34. The number of hydrogen-bond acceptors (Lipinski definition) is 2. The number of aryl methyl sites for hydroxylation is 1. The van der Waals surface area contributed by atoms with Gasteiger partial charge in [0.2, 0.25) is 5.78 Å². The monoisotopic (exact) mass is 434 g/mol. The smallest absolute Gasteiger partial charge is 0.217 e. The van der Waals surface area contributed by atoms with Crippen LogP contribution in [0.5, 0.6) is 0 Å². The SMILES string of the molecule is Cc1ccc(-c2nc3n(Cc4ccccc4)c(-c4ccccc4)cn3c2NC(C)(C)C)cc1. The largest absolute Gasteiger partial charge is 0.365 e. The van der Waals surface area contributed by atoms with Gasteiger partial charge in [-0.2, -0.15) is 0 Å². The molecule has 0 aliphatic rings. The summed E-state index contributed by atoms with van der Waals surface area (Å²) in [6, 6.07) is 29.7. The first-order valence-corrected chi connectivity index (χ1v) is 11.5. The summed E-state index contributed by atoms with van der Waals surface area (Å²) < 4.78 is 4.53. The highest BCUT2D eigenvalue weighted by Gasteiger charge is 2.23. The average Bonchev–Trinajstić information content (AvgIpc) is 3.32. The van der Waals surface area contributed by atoms with Crippen LogP contribution in [-0.2, 0) is 6.54 Å². The van der Waals surface area contributed by atoms with Crippen molar-refractivity contribution in [2.24, 2.45) is 0 Å². The first kappa shape index (κ1) is 21.1. The Balaban J connectivity index is 1.76. The second-order valence-corrected chi connectivity index (χ2v) is 9.67. The van der Waals surface area contributed by atoms with Crippen molar-refractivity contribution in [1.82, 2.24) is 14.0 Å². The van der Waals surface area contributed by atoms with E-state index in [9.17, 15) is 0 Å². The van der Waals surface area contributed by atoms with Crippen molar-refractivity contribution < 1.29 is 0 Å². The molecule has 0 atom stereocenters. The van der Waals surface area contributed by atoms with Crippen molar-refractivity contribution in [3.8, 4) is 22.5 Å². The van der Waals surface area contributed by atoms with Gasteiger partial charge in [-0.05, 0) is 38.8 Å². The van der Waals surface area contributed by atoms with Crippen LogP contribution >= 0.6 is 0 Å². The van der Waals surface area contributed by atoms with Crippen LogP contribution in [0.3, 0.4) is 0 Å². The van der Waals surface area contributed by atoms with Crippen LogP contribution in [-0.4, -0.2) is 19.5 Å². The van der Waals surface area contributed by atoms with E-state index in [0.29, 0.717) is 0 Å². The van der Waals surface area contributed by atoms with Crippen molar-refractivity contribution >= 4 is 11.6 Å². The molecule has 33 heavy (non-hydrogen) atoms. The van der Waals surface area contributed by atoms with Crippen LogP contribution in [0.4, 0.5) is 5.82 Å². The van der Waals surface area contributed by atoms with Gasteiger partial charge in [0.25, 0.3) is 0 Å². The van der Waals surface area contributed by atoms with E-state index >= 15 is 0 Å². The van der Waals surface area contributed by atoms with Crippen LogP contribution in [0.25, 0.3) is 28.3 Å². The van der Waals surface area contributed by atoms with E-state index in [1.807, 2.05) is 0 Å². The number of rotatable bonds is 5. The predicted molar refractivity (Wildman–Crippen MR) is 138 cm³/mol. The van der Waals surface area contributed by atoms with Crippen molar-refractivity contribution in [2.75, 3.05) is 5.32 Å². The van der Waals surface area contributed by atoms with Crippen molar-refractivity contribution in [3.63, 3.8) is 0 Å². The summed E-state index contributed by atoms with van der Waals surface area (Å²) in [5, 5.41) is 3.73. The molecule has 5 aromatic rings. The van der Waals surface area contributed by atoms with E-state index in [-0.39, 0.29) is 5.54 Å². The van der Waals surface area contributed by atoms with Gasteiger partial charge in [0.15, 0.2) is 0 Å². The third-order valence-electron chi connectivity index (χ3n) is 5.75. The second kappa shape index (κ2) is 8.28. The Bertz CT molecular complexity index is 1370. The molecule has 0 amide bonds. The molecule has 2 aromatic heterocycles. The lowest BCUT2D eigenvalue weighted by Crippen LogP contribution is -2.27. The number of aromatic nitrogens is 3. The molecule has 4 nitrogen and oxygen atoms in total. The number of hydrogen-bond donors (Lipinski definition) is 1. The summed E-state index contributed by atoms with van der Waals surface area (Å²) in [7, 11) is 0. The van der Waals surface area contributed by atoms with Gasteiger partial charge in [-0.15, -0.1) is 0 Å².